The van der Waals surface area contributed by atoms with Crippen molar-refractivity contribution in [2.45, 2.75) is 69.8 Å². The molecule has 3 aromatic carbocycles. The van der Waals surface area contributed by atoms with E-state index in [1.165, 1.54) is 16.7 Å². The van der Waals surface area contributed by atoms with Gasteiger partial charge in [-0.3, -0.25) is 24.0 Å². The lowest BCUT2D eigenvalue weighted by molar-refractivity contribution is -0.142. The smallest absolute Gasteiger partial charge is 0.254 e. The van der Waals surface area contributed by atoms with Crippen molar-refractivity contribution in [2.24, 2.45) is 0 Å². The average molecular weight is 693 g/mol. The van der Waals surface area contributed by atoms with Crippen LogP contribution in [0, 0.1) is 0 Å². The van der Waals surface area contributed by atoms with Gasteiger partial charge in [0.2, 0.25) is 23.6 Å². The minimum Gasteiger partial charge on any atom is -0.391 e. The Bertz CT molecular complexity index is 1890. The number of amides is 5. The summed E-state index contributed by atoms with van der Waals surface area (Å²) in [6.07, 6.45) is 2.68. The summed E-state index contributed by atoms with van der Waals surface area (Å²) in [5, 5.41) is 20.1. The lowest BCUT2D eigenvalue weighted by Crippen LogP contribution is -2.56. The molecular formula is C39H44N6O6. The molecule has 2 saturated heterocycles. The number of nitrogens with one attached hydrogen (secondary N) is 4. The van der Waals surface area contributed by atoms with Crippen molar-refractivity contribution in [3.8, 4) is 0 Å². The van der Waals surface area contributed by atoms with Crippen LogP contribution < -0.4 is 16.0 Å². The molecule has 5 N–H and O–H groups in total. The van der Waals surface area contributed by atoms with E-state index in [0.717, 1.165) is 34.9 Å². The third kappa shape index (κ3) is 8.12. The van der Waals surface area contributed by atoms with Gasteiger partial charge in [-0.25, -0.2) is 0 Å². The first-order valence-electron chi connectivity index (χ1n) is 17.5. The van der Waals surface area contributed by atoms with Gasteiger partial charge in [0.05, 0.1) is 18.7 Å². The molecule has 2 aliphatic heterocycles. The lowest BCUT2D eigenvalue weighted by Gasteiger charge is -2.30. The normalized spacial score (nSPS) is 23.5. The van der Waals surface area contributed by atoms with Gasteiger partial charge in [0.1, 0.15) is 18.1 Å². The second-order valence-electron chi connectivity index (χ2n) is 13.4. The topological polar surface area (TPSA) is 164 Å². The maximum Gasteiger partial charge on any atom is 0.254 e. The van der Waals surface area contributed by atoms with Crippen molar-refractivity contribution in [1.82, 2.24) is 30.7 Å². The quantitative estimate of drug-likeness (QED) is 0.209. The first-order chi connectivity index (χ1) is 24.6. The van der Waals surface area contributed by atoms with Crippen molar-refractivity contribution in [2.75, 3.05) is 19.6 Å². The van der Waals surface area contributed by atoms with Crippen LogP contribution >= 0.6 is 0 Å². The monoisotopic (exact) mass is 692 g/mol. The van der Waals surface area contributed by atoms with Crippen LogP contribution in [0.15, 0.2) is 85.1 Å². The number of H-pyrrole nitrogens is 1. The van der Waals surface area contributed by atoms with Gasteiger partial charge < -0.3 is 35.8 Å². The Kier molecular flexibility index (Phi) is 10.8. The van der Waals surface area contributed by atoms with Crippen LogP contribution in [0.1, 0.15) is 59.8 Å². The second kappa shape index (κ2) is 15.6. The van der Waals surface area contributed by atoms with Gasteiger partial charge >= 0.3 is 0 Å². The molecule has 5 atom stereocenters. The van der Waals surface area contributed by atoms with Crippen LogP contribution in [0.4, 0.5) is 0 Å². The van der Waals surface area contributed by atoms with Gasteiger partial charge in [-0.2, -0.15) is 0 Å². The summed E-state index contributed by atoms with van der Waals surface area (Å²) < 4.78 is 0. The molecule has 0 radical (unpaired) electrons. The van der Waals surface area contributed by atoms with E-state index in [-0.39, 0.29) is 25.9 Å². The zero-order valence-electron chi connectivity index (χ0n) is 28.8. The van der Waals surface area contributed by atoms with Gasteiger partial charge in [-0.15, -0.1) is 0 Å². The molecule has 12 nitrogen and oxygen atoms in total. The average Bonchev–Trinajstić information content (AvgIpc) is 3.73. The minimum atomic E-state index is -1.13. The Balaban J connectivity index is 1.39. The van der Waals surface area contributed by atoms with E-state index in [1.54, 1.807) is 18.3 Å². The molecule has 0 saturated carbocycles. The number of hydrogen-bond donors (Lipinski definition) is 5. The molecule has 6 rings (SSSR count). The number of carbonyl (C=O) groups is 5. The van der Waals surface area contributed by atoms with Crippen molar-refractivity contribution < 1.29 is 29.1 Å². The van der Waals surface area contributed by atoms with E-state index in [9.17, 15) is 29.1 Å². The molecule has 5 amide bonds. The summed E-state index contributed by atoms with van der Waals surface area (Å²) in [5.41, 5.74) is 3.79. The molecule has 51 heavy (non-hydrogen) atoms. The highest BCUT2D eigenvalue weighted by Gasteiger charge is 2.42. The Morgan fingerprint density at radius 3 is 2.33 bits per heavy atom. The number of aromatic nitrogens is 1. The summed E-state index contributed by atoms with van der Waals surface area (Å²) in [6, 6.07) is 20.0. The largest absolute Gasteiger partial charge is 0.391 e. The third-order valence-electron chi connectivity index (χ3n) is 9.63. The first-order valence-corrected chi connectivity index (χ1v) is 17.5. The highest BCUT2D eigenvalue weighted by atomic mass is 16.3. The van der Waals surface area contributed by atoms with Crippen molar-refractivity contribution in [3.05, 3.63) is 107 Å². The van der Waals surface area contributed by atoms with E-state index in [2.05, 4.69) is 27.9 Å². The molecule has 0 bridgehead atoms. The van der Waals surface area contributed by atoms with Gasteiger partial charge in [0.15, 0.2) is 0 Å². The van der Waals surface area contributed by atoms with E-state index in [4.69, 9.17) is 0 Å². The molecule has 0 spiro atoms. The molecule has 2 aliphatic rings. The highest BCUT2D eigenvalue weighted by Crippen LogP contribution is 2.24. The molecule has 12 heteroatoms. The molecule has 4 aromatic rings. The van der Waals surface area contributed by atoms with Gasteiger partial charge in [0, 0.05) is 48.6 Å². The number of fused-ring (bicyclic) bond motifs is 2. The van der Waals surface area contributed by atoms with Gasteiger partial charge in [-0.1, -0.05) is 74.0 Å². The Morgan fingerprint density at radius 1 is 0.863 bits per heavy atom. The lowest BCUT2D eigenvalue weighted by atomic mass is 10.0. The van der Waals surface area contributed by atoms with Crippen molar-refractivity contribution in [3.63, 3.8) is 0 Å². The SMILES string of the molecule is CCCc1ccc(C(=O)N2CC(=O)N[C@H](Cc3c[nH]c4ccccc34)C(=O)N3C[C@H](O)C[C@H]3C(=O)N[C@@H](C)C(=O)N[C@H](c3ccccc3)C2)cc1. The van der Waals surface area contributed by atoms with Crippen LogP contribution in [-0.4, -0.2) is 93.3 Å². The maximum atomic E-state index is 14.3. The number of aliphatic hydroxyl groups excluding tert-OH is 1. The summed E-state index contributed by atoms with van der Waals surface area (Å²) in [7, 11) is 0. The fourth-order valence-electron chi connectivity index (χ4n) is 6.96. The molecule has 0 aliphatic carbocycles. The second-order valence-corrected chi connectivity index (χ2v) is 13.4. The van der Waals surface area contributed by atoms with Crippen LogP contribution in [0.25, 0.3) is 10.9 Å². The number of benzene rings is 3. The number of aryl methyl sites for hydroxylation is 1. The number of rotatable bonds is 6. The number of hydrogen-bond acceptors (Lipinski definition) is 6. The number of aliphatic hydroxyl groups is 1. The standard InChI is InChI=1S/C39H44N6O6/c1-3-9-25-14-16-27(17-15-25)38(50)44-22-33(26-10-5-4-6-11-26)43-36(48)24(2)41-37(49)34-19-29(46)21-45(34)39(51)32(42-35(47)23-44)18-28-20-40-31-13-8-7-12-30(28)31/h4-8,10-17,20,24,29,32-34,40,46H,3,9,18-19,21-23H2,1-2H3,(H,41,49)(H,42,47)(H,43,48)/t24-,29+,32+,33-,34-/m0/s1. The van der Waals surface area contributed by atoms with Crippen LogP contribution in [0.3, 0.4) is 0 Å². The third-order valence-corrected chi connectivity index (χ3v) is 9.63. The predicted molar refractivity (Wildman–Crippen MR) is 191 cm³/mol. The Labute approximate surface area is 296 Å². The van der Waals surface area contributed by atoms with Crippen molar-refractivity contribution in [1.29, 1.82) is 0 Å². The molecular weight excluding hydrogens is 648 g/mol. The highest BCUT2D eigenvalue weighted by molar-refractivity contribution is 5.98. The van der Waals surface area contributed by atoms with Crippen molar-refractivity contribution >= 4 is 40.4 Å². The van der Waals surface area contributed by atoms with Gasteiger partial charge in [-0.05, 0) is 48.2 Å². The molecule has 3 heterocycles. The predicted octanol–water partition coefficient (Wildman–Crippen LogP) is 2.63. The Morgan fingerprint density at radius 2 is 1.59 bits per heavy atom. The van der Waals surface area contributed by atoms with Gasteiger partial charge in [0.25, 0.3) is 5.91 Å². The molecule has 266 valence electrons. The summed E-state index contributed by atoms with van der Waals surface area (Å²) >= 11 is 0. The fraction of sp³-hybridized carbons (Fsp3) is 0.359. The zero-order chi connectivity index (χ0) is 36.1. The minimum absolute atomic E-state index is 0.0222. The fourth-order valence-corrected chi connectivity index (χ4v) is 6.96. The number of para-hydroxylation sites is 1. The summed E-state index contributed by atoms with van der Waals surface area (Å²) in [6.45, 7) is 3.02. The maximum absolute atomic E-state index is 14.3. The number of carbonyl (C=O) groups excluding carboxylic acids is 5. The van der Waals surface area contributed by atoms with Crippen LogP contribution in [-0.2, 0) is 32.0 Å². The first kappa shape index (κ1) is 35.3. The molecule has 1 aromatic heterocycles. The van der Waals surface area contributed by atoms with E-state index < -0.39 is 66.4 Å². The molecule has 2 fully saturated rings. The van der Waals surface area contributed by atoms with E-state index in [0.29, 0.717) is 11.1 Å². The van der Waals surface area contributed by atoms with Crippen LogP contribution in [0.2, 0.25) is 0 Å². The number of aromatic amines is 1. The van der Waals surface area contributed by atoms with E-state index >= 15 is 0 Å². The van der Waals surface area contributed by atoms with Crippen LogP contribution in [0.5, 0.6) is 0 Å². The molecule has 0 unspecified atom stereocenters. The summed E-state index contributed by atoms with van der Waals surface area (Å²) in [5.74, 6) is -2.66. The van der Waals surface area contributed by atoms with E-state index in [1.807, 2.05) is 66.7 Å². The Hall–Kier alpha value is -5.49. The zero-order valence-corrected chi connectivity index (χ0v) is 28.8. The number of nitrogens with zero attached hydrogens (tertiary/aromatic N) is 2. The summed E-state index contributed by atoms with van der Waals surface area (Å²) in [4.78, 5) is 75.6.